The summed E-state index contributed by atoms with van der Waals surface area (Å²) in [6, 6.07) is 4.12. The number of amides is 1. The predicted molar refractivity (Wildman–Crippen MR) is 73.5 cm³/mol. The molecule has 1 saturated carbocycles. The minimum atomic E-state index is -0.487. The summed E-state index contributed by atoms with van der Waals surface area (Å²) in [6.07, 6.45) is 4.13. The molecule has 0 saturated heterocycles. The lowest BCUT2D eigenvalue weighted by atomic mass is 10.1. The largest absolute Gasteiger partial charge is 0.506 e. The summed E-state index contributed by atoms with van der Waals surface area (Å²) in [5.74, 6) is -0.319. The van der Waals surface area contributed by atoms with E-state index in [2.05, 4.69) is 5.32 Å². The summed E-state index contributed by atoms with van der Waals surface area (Å²) in [7, 11) is 0. The Hall–Kier alpha value is -1.26. The zero-order chi connectivity index (χ0) is 13.8. The van der Waals surface area contributed by atoms with Crippen molar-refractivity contribution in [3.05, 3.63) is 28.8 Å². The average Bonchev–Trinajstić information content (AvgIpc) is 2.58. The van der Waals surface area contributed by atoms with E-state index < -0.39 is 6.10 Å². The molecule has 0 aliphatic heterocycles. The maximum atomic E-state index is 12.1. The molecule has 3 N–H and O–H groups in total. The zero-order valence-corrected chi connectivity index (χ0v) is 11.4. The maximum absolute atomic E-state index is 12.1. The van der Waals surface area contributed by atoms with Crippen molar-refractivity contribution >= 4 is 17.5 Å². The lowest BCUT2D eigenvalue weighted by Gasteiger charge is -2.21. The number of nitrogens with one attached hydrogen (secondary N) is 1. The Balaban J connectivity index is 2.05. The van der Waals surface area contributed by atoms with Gasteiger partial charge in [0.05, 0.1) is 17.2 Å². The van der Waals surface area contributed by atoms with Crippen LogP contribution in [0.1, 0.15) is 42.5 Å². The van der Waals surface area contributed by atoms with Gasteiger partial charge < -0.3 is 15.5 Å². The van der Waals surface area contributed by atoms with E-state index in [0.717, 1.165) is 32.1 Å². The monoisotopic (exact) mass is 283 g/mol. The van der Waals surface area contributed by atoms with Crippen LogP contribution in [0, 0.1) is 0 Å². The molecule has 0 heterocycles. The van der Waals surface area contributed by atoms with Crippen LogP contribution < -0.4 is 5.32 Å². The van der Waals surface area contributed by atoms with Gasteiger partial charge in [-0.3, -0.25) is 4.79 Å². The van der Waals surface area contributed by atoms with E-state index in [1.807, 2.05) is 0 Å². The molecule has 2 atom stereocenters. The number of phenolic OH excluding ortho intramolecular Hbond substituents is 1. The molecule has 1 fully saturated rings. The molecule has 1 aliphatic carbocycles. The van der Waals surface area contributed by atoms with E-state index in [4.69, 9.17) is 11.6 Å². The minimum absolute atomic E-state index is 0.0484. The Labute approximate surface area is 117 Å². The number of benzene rings is 1. The van der Waals surface area contributed by atoms with Crippen LogP contribution in [-0.4, -0.2) is 28.3 Å². The molecular weight excluding hydrogens is 266 g/mol. The molecule has 5 heteroatoms. The number of rotatable bonds is 2. The van der Waals surface area contributed by atoms with E-state index >= 15 is 0 Å². The minimum Gasteiger partial charge on any atom is -0.506 e. The number of halogens is 1. The summed E-state index contributed by atoms with van der Waals surface area (Å²) in [6.45, 7) is 0. The van der Waals surface area contributed by atoms with E-state index in [1.54, 1.807) is 0 Å². The highest BCUT2D eigenvalue weighted by Crippen LogP contribution is 2.24. The van der Waals surface area contributed by atoms with Gasteiger partial charge in [-0.1, -0.05) is 30.9 Å². The van der Waals surface area contributed by atoms with E-state index in [9.17, 15) is 15.0 Å². The van der Waals surface area contributed by atoms with Gasteiger partial charge in [-0.25, -0.2) is 0 Å². The number of hydrogen-bond donors (Lipinski definition) is 3. The first-order valence-electron chi connectivity index (χ1n) is 6.55. The van der Waals surface area contributed by atoms with E-state index in [0.29, 0.717) is 5.56 Å². The molecule has 1 amide bonds. The lowest BCUT2D eigenvalue weighted by molar-refractivity contribution is 0.0819. The van der Waals surface area contributed by atoms with Crippen molar-refractivity contribution in [1.82, 2.24) is 5.32 Å². The van der Waals surface area contributed by atoms with Crippen LogP contribution in [0.5, 0.6) is 5.75 Å². The third-order valence-electron chi connectivity index (χ3n) is 3.51. The zero-order valence-electron chi connectivity index (χ0n) is 10.6. The summed E-state index contributed by atoms with van der Waals surface area (Å²) in [4.78, 5) is 12.1. The first kappa shape index (κ1) is 14.2. The van der Waals surface area contributed by atoms with Crippen LogP contribution in [0.3, 0.4) is 0 Å². The molecular formula is C14H18ClNO3. The Morgan fingerprint density at radius 3 is 2.74 bits per heavy atom. The maximum Gasteiger partial charge on any atom is 0.251 e. The van der Waals surface area contributed by atoms with Crippen LogP contribution in [0.25, 0.3) is 0 Å². The Morgan fingerprint density at radius 1 is 1.26 bits per heavy atom. The van der Waals surface area contributed by atoms with Gasteiger partial charge in [0.2, 0.25) is 0 Å². The second kappa shape index (κ2) is 6.26. The van der Waals surface area contributed by atoms with Crippen molar-refractivity contribution in [1.29, 1.82) is 0 Å². The standard InChI is InChI=1S/C14H18ClNO3/c15-10-8-9(6-7-12(10)17)14(19)16-11-4-2-1-3-5-13(11)18/h6-8,11,13,17-18H,1-5H2,(H,16,19). The molecule has 0 radical (unpaired) electrons. The van der Waals surface area contributed by atoms with Crippen molar-refractivity contribution in [3.8, 4) is 5.75 Å². The Bertz CT molecular complexity index is 464. The van der Waals surface area contributed by atoms with Gasteiger partial charge in [0.1, 0.15) is 5.75 Å². The van der Waals surface area contributed by atoms with E-state index in [-0.39, 0.29) is 22.7 Å². The fourth-order valence-corrected chi connectivity index (χ4v) is 2.54. The first-order valence-corrected chi connectivity index (χ1v) is 6.93. The number of phenols is 1. The predicted octanol–water partition coefficient (Wildman–Crippen LogP) is 2.47. The van der Waals surface area contributed by atoms with Crippen molar-refractivity contribution in [2.45, 2.75) is 44.2 Å². The first-order chi connectivity index (χ1) is 9.08. The SMILES string of the molecule is O=C(NC1CCCCCC1O)c1ccc(O)c(Cl)c1. The second-order valence-electron chi connectivity index (χ2n) is 4.95. The van der Waals surface area contributed by atoms with Gasteiger partial charge in [-0.05, 0) is 31.0 Å². The molecule has 0 aromatic heterocycles. The van der Waals surface area contributed by atoms with Crippen LogP contribution in [0.2, 0.25) is 5.02 Å². The van der Waals surface area contributed by atoms with E-state index in [1.165, 1.54) is 18.2 Å². The van der Waals surface area contributed by atoms with Gasteiger partial charge in [0, 0.05) is 5.56 Å². The van der Waals surface area contributed by atoms with Crippen LogP contribution in [-0.2, 0) is 0 Å². The molecule has 19 heavy (non-hydrogen) atoms. The molecule has 1 aromatic rings. The quantitative estimate of drug-likeness (QED) is 0.730. The number of aliphatic hydroxyl groups excluding tert-OH is 1. The highest BCUT2D eigenvalue weighted by molar-refractivity contribution is 6.32. The number of carbonyl (C=O) groups is 1. The average molecular weight is 284 g/mol. The molecule has 104 valence electrons. The molecule has 2 rings (SSSR count). The lowest BCUT2D eigenvalue weighted by Crippen LogP contribution is -2.42. The normalized spacial score (nSPS) is 23.7. The number of hydrogen-bond acceptors (Lipinski definition) is 3. The number of aliphatic hydroxyl groups is 1. The molecule has 0 bridgehead atoms. The van der Waals surface area contributed by atoms with Gasteiger partial charge in [0.15, 0.2) is 0 Å². The number of aromatic hydroxyl groups is 1. The fourth-order valence-electron chi connectivity index (χ4n) is 2.36. The van der Waals surface area contributed by atoms with Crippen molar-refractivity contribution < 1.29 is 15.0 Å². The molecule has 1 aliphatic rings. The van der Waals surface area contributed by atoms with Crippen molar-refractivity contribution in [2.75, 3.05) is 0 Å². The summed E-state index contributed by atoms with van der Waals surface area (Å²) in [5.41, 5.74) is 0.388. The van der Waals surface area contributed by atoms with Gasteiger partial charge in [0.25, 0.3) is 5.91 Å². The third kappa shape index (κ3) is 3.61. The Morgan fingerprint density at radius 2 is 2.00 bits per heavy atom. The van der Waals surface area contributed by atoms with Crippen molar-refractivity contribution in [3.63, 3.8) is 0 Å². The summed E-state index contributed by atoms with van der Waals surface area (Å²) < 4.78 is 0. The fraction of sp³-hybridized carbons (Fsp3) is 0.500. The molecule has 1 aromatic carbocycles. The Kier molecular flexibility index (Phi) is 4.66. The van der Waals surface area contributed by atoms with Gasteiger partial charge in [-0.2, -0.15) is 0 Å². The highest BCUT2D eigenvalue weighted by atomic mass is 35.5. The van der Waals surface area contributed by atoms with Crippen LogP contribution in [0.4, 0.5) is 0 Å². The van der Waals surface area contributed by atoms with Crippen molar-refractivity contribution in [2.24, 2.45) is 0 Å². The van der Waals surface area contributed by atoms with Crippen LogP contribution >= 0.6 is 11.6 Å². The highest BCUT2D eigenvalue weighted by Gasteiger charge is 2.23. The molecule has 4 nitrogen and oxygen atoms in total. The number of carbonyl (C=O) groups excluding carboxylic acids is 1. The molecule has 0 spiro atoms. The topological polar surface area (TPSA) is 69.6 Å². The van der Waals surface area contributed by atoms with Gasteiger partial charge in [-0.15, -0.1) is 0 Å². The second-order valence-corrected chi connectivity index (χ2v) is 5.36. The van der Waals surface area contributed by atoms with Crippen LogP contribution in [0.15, 0.2) is 18.2 Å². The summed E-state index contributed by atoms with van der Waals surface area (Å²) in [5, 5.41) is 22.3. The summed E-state index contributed by atoms with van der Waals surface area (Å²) >= 11 is 5.78. The van der Waals surface area contributed by atoms with Gasteiger partial charge >= 0.3 is 0 Å². The molecule has 2 unspecified atom stereocenters. The smallest absolute Gasteiger partial charge is 0.251 e. The third-order valence-corrected chi connectivity index (χ3v) is 3.81.